The molecule has 0 bridgehead atoms. The standard InChI is InChI=1S/C13H16N2O6/c1-20-9-2-4-10(5-3-9)21-8-12(17)15(6-11(14)16)7-13(18)19/h2-5H,6-8H2,1H3,(H2,14,16)(H,18,19). The van der Waals surface area contributed by atoms with E-state index in [1.807, 2.05) is 0 Å². The number of rotatable bonds is 8. The van der Waals surface area contributed by atoms with Crippen molar-refractivity contribution in [2.75, 3.05) is 26.8 Å². The van der Waals surface area contributed by atoms with Crippen LogP contribution in [0.1, 0.15) is 0 Å². The SMILES string of the molecule is COc1ccc(OCC(=O)N(CC(N)=O)CC(=O)O)cc1. The van der Waals surface area contributed by atoms with Crippen LogP contribution in [0.4, 0.5) is 0 Å². The number of methoxy groups -OCH3 is 1. The van der Waals surface area contributed by atoms with Gasteiger partial charge < -0.3 is 25.2 Å². The Bertz CT molecular complexity index is 498. The van der Waals surface area contributed by atoms with Crippen molar-refractivity contribution >= 4 is 17.8 Å². The van der Waals surface area contributed by atoms with Gasteiger partial charge in [-0.2, -0.15) is 0 Å². The number of aliphatic carboxylic acids is 1. The molecule has 114 valence electrons. The zero-order chi connectivity index (χ0) is 15.8. The maximum absolute atomic E-state index is 11.8. The predicted octanol–water partition coefficient (Wildman–Crippen LogP) is -0.527. The van der Waals surface area contributed by atoms with Gasteiger partial charge in [0.05, 0.1) is 7.11 Å². The molecule has 1 aromatic carbocycles. The Morgan fingerprint density at radius 2 is 1.71 bits per heavy atom. The van der Waals surface area contributed by atoms with Crippen molar-refractivity contribution in [2.24, 2.45) is 5.73 Å². The van der Waals surface area contributed by atoms with E-state index in [4.69, 9.17) is 20.3 Å². The van der Waals surface area contributed by atoms with E-state index < -0.39 is 37.5 Å². The van der Waals surface area contributed by atoms with Crippen molar-refractivity contribution in [1.82, 2.24) is 4.90 Å². The molecule has 0 aromatic heterocycles. The number of carboxylic acid groups (broad SMARTS) is 1. The van der Waals surface area contributed by atoms with E-state index in [0.29, 0.717) is 11.5 Å². The van der Waals surface area contributed by atoms with Crippen molar-refractivity contribution in [1.29, 1.82) is 0 Å². The molecule has 0 radical (unpaired) electrons. The Morgan fingerprint density at radius 3 is 2.19 bits per heavy atom. The number of carbonyl (C=O) groups is 3. The first-order valence-electron chi connectivity index (χ1n) is 5.97. The summed E-state index contributed by atoms with van der Waals surface area (Å²) in [6.07, 6.45) is 0. The number of benzene rings is 1. The molecule has 1 rings (SSSR count). The van der Waals surface area contributed by atoms with Gasteiger partial charge in [-0.15, -0.1) is 0 Å². The van der Waals surface area contributed by atoms with Crippen LogP contribution in [0.5, 0.6) is 11.5 Å². The number of primary amides is 1. The van der Waals surface area contributed by atoms with Crippen LogP contribution in [0.25, 0.3) is 0 Å². The van der Waals surface area contributed by atoms with Crippen LogP contribution < -0.4 is 15.2 Å². The average molecular weight is 296 g/mol. The molecule has 3 N–H and O–H groups in total. The van der Waals surface area contributed by atoms with Gasteiger partial charge in [-0.05, 0) is 24.3 Å². The molecule has 0 aliphatic rings. The Hall–Kier alpha value is -2.77. The molecule has 0 aliphatic carbocycles. The molecule has 0 fully saturated rings. The van der Waals surface area contributed by atoms with E-state index in [1.54, 1.807) is 24.3 Å². The summed E-state index contributed by atoms with van der Waals surface area (Å²) in [4.78, 5) is 34.1. The monoisotopic (exact) mass is 296 g/mol. The first-order chi connectivity index (χ1) is 9.92. The van der Waals surface area contributed by atoms with Gasteiger partial charge in [0.25, 0.3) is 5.91 Å². The summed E-state index contributed by atoms with van der Waals surface area (Å²) in [5.74, 6) is -1.64. The molecule has 0 aliphatic heterocycles. The number of carbonyl (C=O) groups excluding carboxylic acids is 2. The minimum atomic E-state index is -1.24. The summed E-state index contributed by atoms with van der Waals surface area (Å²) >= 11 is 0. The number of amides is 2. The third-order valence-corrected chi connectivity index (χ3v) is 2.45. The highest BCUT2D eigenvalue weighted by molar-refractivity contribution is 5.87. The molecule has 0 saturated carbocycles. The van der Waals surface area contributed by atoms with Gasteiger partial charge in [0.2, 0.25) is 5.91 Å². The fourth-order valence-corrected chi connectivity index (χ4v) is 1.49. The summed E-state index contributed by atoms with van der Waals surface area (Å²) in [5, 5.41) is 8.69. The molecule has 8 nitrogen and oxygen atoms in total. The van der Waals surface area contributed by atoms with Gasteiger partial charge in [0.15, 0.2) is 6.61 Å². The van der Waals surface area contributed by atoms with Crippen molar-refractivity contribution in [2.45, 2.75) is 0 Å². The van der Waals surface area contributed by atoms with Gasteiger partial charge >= 0.3 is 5.97 Å². The van der Waals surface area contributed by atoms with Gasteiger partial charge in [-0.3, -0.25) is 14.4 Å². The third-order valence-electron chi connectivity index (χ3n) is 2.45. The van der Waals surface area contributed by atoms with Crippen LogP contribution in [0.3, 0.4) is 0 Å². The molecule has 0 unspecified atom stereocenters. The maximum atomic E-state index is 11.8. The van der Waals surface area contributed by atoms with Crippen LogP contribution in [-0.2, 0) is 14.4 Å². The summed E-state index contributed by atoms with van der Waals surface area (Å²) in [5.41, 5.74) is 4.97. The van der Waals surface area contributed by atoms with E-state index in [-0.39, 0.29) is 0 Å². The van der Waals surface area contributed by atoms with Crippen molar-refractivity contribution in [3.63, 3.8) is 0 Å². The highest BCUT2D eigenvalue weighted by atomic mass is 16.5. The zero-order valence-electron chi connectivity index (χ0n) is 11.4. The number of hydrogen-bond acceptors (Lipinski definition) is 5. The van der Waals surface area contributed by atoms with E-state index >= 15 is 0 Å². The number of hydrogen-bond donors (Lipinski definition) is 2. The van der Waals surface area contributed by atoms with Gasteiger partial charge in [-0.25, -0.2) is 0 Å². The van der Waals surface area contributed by atoms with Crippen LogP contribution in [0, 0.1) is 0 Å². The fourth-order valence-electron chi connectivity index (χ4n) is 1.49. The maximum Gasteiger partial charge on any atom is 0.323 e. The molecular weight excluding hydrogens is 280 g/mol. The number of nitrogens with two attached hydrogens (primary N) is 1. The fraction of sp³-hybridized carbons (Fsp3) is 0.308. The highest BCUT2D eigenvalue weighted by Crippen LogP contribution is 2.16. The average Bonchev–Trinajstić information content (AvgIpc) is 2.43. The predicted molar refractivity (Wildman–Crippen MR) is 71.9 cm³/mol. The second-order valence-electron chi connectivity index (χ2n) is 4.07. The van der Waals surface area contributed by atoms with Crippen molar-refractivity contribution in [3.8, 4) is 11.5 Å². The molecule has 2 amide bonds. The quantitative estimate of drug-likeness (QED) is 0.665. The lowest BCUT2D eigenvalue weighted by Gasteiger charge is -2.19. The second-order valence-corrected chi connectivity index (χ2v) is 4.07. The minimum absolute atomic E-state index is 0.396. The number of ether oxygens (including phenoxy) is 2. The molecule has 1 aromatic rings. The van der Waals surface area contributed by atoms with Crippen molar-refractivity contribution in [3.05, 3.63) is 24.3 Å². The van der Waals surface area contributed by atoms with E-state index in [1.165, 1.54) is 7.11 Å². The Balaban J connectivity index is 2.59. The topological polar surface area (TPSA) is 119 Å². The molecular formula is C13H16N2O6. The van der Waals surface area contributed by atoms with Crippen LogP contribution in [0.2, 0.25) is 0 Å². The smallest absolute Gasteiger partial charge is 0.323 e. The Morgan fingerprint density at radius 1 is 1.14 bits per heavy atom. The van der Waals surface area contributed by atoms with Crippen LogP contribution in [0.15, 0.2) is 24.3 Å². The lowest BCUT2D eigenvalue weighted by atomic mass is 10.3. The molecule has 0 atom stereocenters. The third kappa shape index (κ3) is 5.81. The van der Waals surface area contributed by atoms with Crippen LogP contribution >= 0.6 is 0 Å². The molecule has 0 saturated heterocycles. The summed E-state index contributed by atoms with van der Waals surface area (Å²) in [6.45, 7) is -1.49. The van der Waals surface area contributed by atoms with E-state index in [2.05, 4.69) is 0 Å². The summed E-state index contributed by atoms with van der Waals surface area (Å²) in [6, 6.07) is 6.50. The molecule has 8 heteroatoms. The Kier molecular flexibility index (Phi) is 5.99. The van der Waals surface area contributed by atoms with Crippen LogP contribution in [-0.4, -0.2) is 54.6 Å². The summed E-state index contributed by atoms with van der Waals surface area (Å²) in [7, 11) is 1.52. The molecule has 0 heterocycles. The zero-order valence-corrected chi connectivity index (χ0v) is 11.4. The van der Waals surface area contributed by atoms with E-state index in [9.17, 15) is 14.4 Å². The normalized spacial score (nSPS) is 9.76. The Labute approximate surface area is 121 Å². The van der Waals surface area contributed by atoms with Crippen molar-refractivity contribution < 1.29 is 29.0 Å². The second kappa shape index (κ2) is 7.73. The first-order valence-corrected chi connectivity index (χ1v) is 5.97. The van der Waals surface area contributed by atoms with Gasteiger partial charge in [0.1, 0.15) is 24.6 Å². The first kappa shape index (κ1) is 16.3. The van der Waals surface area contributed by atoms with E-state index in [0.717, 1.165) is 4.90 Å². The lowest BCUT2D eigenvalue weighted by molar-refractivity contribution is -0.146. The van der Waals surface area contributed by atoms with Gasteiger partial charge in [-0.1, -0.05) is 0 Å². The molecule has 0 spiro atoms. The minimum Gasteiger partial charge on any atom is -0.497 e. The summed E-state index contributed by atoms with van der Waals surface area (Å²) < 4.78 is 10.2. The van der Waals surface area contributed by atoms with Gasteiger partial charge in [0, 0.05) is 0 Å². The number of carboxylic acids is 1. The number of nitrogens with zero attached hydrogens (tertiary/aromatic N) is 1. The molecule has 21 heavy (non-hydrogen) atoms. The largest absolute Gasteiger partial charge is 0.497 e. The lowest BCUT2D eigenvalue weighted by Crippen LogP contribution is -2.43. The highest BCUT2D eigenvalue weighted by Gasteiger charge is 2.19.